The highest BCUT2D eigenvalue weighted by Crippen LogP contribution is 2.20. The van der Waals surface area contributed by atoms with Crippen LogP contribution in [0.4, 0.5) is 14.6 Å². The van der Waals surface area contributed by atoms with Crippen LogP contribution in [-0.4, -0.2) is 27.6 Å². The third-order valence-corrected chi connectivity index (χ3v) is 4.09. The first-order valence-electron chi connectivity index (χ1n) is 9.36. The number of hydrogen-bond donors (Lipinski definition) is 3. The lowest BCUT2D eigenvalue weighted by molar-refractivity contribution is 0.0976. The molecule has 0 unspecified atom stereocenters. The van der Waals surface area contributed by atoms with E-state index in [-0.39, 0.29) is 17.3 Å². The Balaban J connectivity index is 1.81. The molecule has 8 heteroatoms. The molecule has 0 atom stereocenters. The number of aromatic nitrogens is 2. The number of aliphatic imine (C=N–C) groups is 1. The molecule has 30 heavy (non-hydrogen) atoms. The fraction of sp³-hybridized carbons (Fsp3) is 0.227. The second kappa shape index (κ2) is 8.44. The number of guanidine groups is 1. The van der Waals surface area contributed by atoms with Crippen LogP contribution in [0.3, 0.4) is 0 Å². The van der Waals surface area contributed by atoms with Gasteiger partial charge in [-0.2, -0.15) is 5.10 Å². The molecule has 2 aromatic carbocycles. The van der Waals surface area contributed by atoms with Crippen LogP contribution >= 0.6 is 0 Å². The van der Waals surface area contributed by atoms with Crippen LogP contribution in [-0.2, 0) is 0 Å². The Morgan fingerprint density at radius 2 is 1.77 bits per heavy atom. The van der Waals surface area contributed by atoms with Gasteiger partial charge in [0, 0.05) is 11.6 Å². The first-order valence-corrected chi connectivity index (χ1v) is 9.36. The van der Waals surface area contributed by atoms with Gasteiger partial charge >= 0.3 is 0 Å². The van der Waals surface area contributed by atoms with Gasteiger partial charge in [0.15, 0.2) is 5.82 Å². The van der Waals surface area contributed by atoms with E-state index in [1.54, 1.807) is 37.3 Å². The number of nitrogens with zero attached hydrogens (tertiary/aromatic N) is 2. The number of carbonyl (C=O) groups is 1. The van der Waals surface area contributed by atoms with Crippen molar-refractivity contribution >= 4 is 17.7 Å². The van der Waals surface area contributed by atoms with Crippen LogP contribution in [0.2, 0.25) is 0 Å². The number of nitrogens with one attached hydrogen (secondary N) is 3. The molecule has 3 aromatic rings. The molecule has 3 N–H and O–H groups in total. The van der Waals surface area contributed by atoms with Crippen LogP contribution in [0.5, 0.6) is 0 Å². The van der Waals surface area contributed by atoms with Crippen molar-refractivity contribution in [2.45, 2.75) is 33.2 Å². The average Bonchev–Trinajstić information content (AvgIpc) is 3.11. The highest BCUT2D eigenvalue weighted by molar-refractivity contribution is 6.09. The minimum atomic E-state index is -0.501. The molecule has 0 aliphatic heterocycles. The Bertz CT molecular complexity index is 1080. The SMILES string of the molecule is Cc1ccc(C(=O)NC(=NC(C)(C)C)Nc2cc(-c3ccc(F)cc3)[nH]n2)cc1F. The van der Waals surface area contributed by atoms with E-state index in [0.717, 1.165) is 5.56 Å². The zero-order valence-corrected chi connectivity index (χ0v) is 17.2. The molecular formula is C22H23F2N5O. The van der Waals surface area contributed by atoms with E-state index in [9.17, 15) is 13.6 Å². The van der Waals surface area contributed by atoms with Crippen molar-refractivity contribution in [2.75, 3.05) is 5.32 Å². The standard InChI is InChI=1S/C22H23F2N5O/c1-13-5-6-15(11-17(13)24)20(30)26-21(27-22(2,3)4)25-19-12-18(28-29-19)14-7-9-16(23)10-8-14/h5-12H,1-4H3,(H3,25,26,27,28,29,30). The van der Waals surface area contributed by atoms with Crippen molar-refractivity contribution in [3.05, 3.63) is 71.3 Å². The van der Waals surface area contributed by atoms with Crippen molar-refractivity contribution < 1.29 is 13.6 Å². The normalized spacial score (nSPS) is 12.0. The van der Waals surface area contributed by atoms with Gasteiger partial charge in [0.05, 0.1) is 11.2 Å². The Kier molecular flexibility index (Phi) is 5.96. The van der Waals surface area contributed by atoms with Crippen molar-refractivity contribution in [3.8, 4) is 11.3 Å². The zero-order valence-electron chi connectivity index (χ0n) is 17.2. The van der Waals surface area contributed by atoms with Crippen LogP contribution in [0.15, 0.2) is 53.5 Å². The lowest BCUT2D eigenvalue weighted by Gasteiger charge is -2.17. The number of anilines is 1. The molecule has 0 aliphatic carbocycles. The minimum absolute atomic E-state index is 0.172. The molecule has 0 saturated heterocycles. The summed E-state index contributed by atoms with van der Waals surface area (Å²) >= 11 is 0. The molecule has 1 heterocycles. The average molecular weight is 411 g/mol. The number of benzene rings is 2. The summed E-state index contributed by atoms with van der Waals surface area (Å²) in [5, 5.41) is 12.7. The summed E-state index contributed by atoms with van der Waals surface area (Å²) in [4.78, 5) is 17.1. The molecule has 1 aromatic heterocycles. The van der Waals surface area contributed by atoms with E-state index in [2.05, 4.69) is 25.8 Å². The van der Waals surface area contributed by atoms with Crippen LogP contribution in [0, 0.1) is 18.6 Å². The highest BCUT2D eigenvalue weighted by atomic mass is 19.1. The molecule has 1 amide bonds. The summed E-state index contributed by atoms with van der Waals surface area (Å²) in [7, 11) is 0. The maximum atomic E-state index is 13.8. The summed E-state index contributed by atoms with van der Waals surface area (Å²) in [5.41, 5.74) is 1.56. The van der Waals surface area contributed by atoms with E-state index < -0.39 is 17.3 Å². The fourth-order valence-electron chi connectivity index (χ4n) is 2.62. The van der Waals surface area contributed by atoms with Gasteiger partial charge in [-0.25, -0.2) is 13.8 Å². The molecule has 156 valence electrons. The summed E-state index contributed by atoms with van der Waals surface area (Å²) in [5.74, 6) is -0.704. The largest absolute Gasteiger partial charge is 0.309 e. The number of halogens is 2. The van der Waals surface area contributed by atoms with Gasteiger partial charge in [0.25, 0.3) is 5.91 Å². The number of rotatable bonds is 3. The monoisotopic (exact) mass is 411 g/mol. The second-order valence-corrected chi connectivity index (χ2v) is 7.85. The van der Waals surface area contributed by atoms with Crippen molar-refractivity contribution in [1.82, 2.24) is 15.5 Å². The first kappa shape index (κ1) is 21.2. The Morgan fingerprint density at radius 1 is 1.07 bits per heavy atom. The first-order chi connectivity index (χ1) is 14.1. The van der Waals surface area contributed by atoms with Crippen molar-refractivity contribution in [3.63, 3.8) is 0 Å². The maximum absolute atomic E-state index is 13.8. The maximum Gasteiger partial charge on any atom is 0.258 e. The molecule has 0 fully saturated rings. The van der Waals surface area contributed by atoms with Crippen LogP contribution < -0.4 is 10.6 Å². The van der Waals surface area contributed by atoms with Gasteiger partial charge in [0.1, 0.15) is 11.6 Å². The fourth-order valence-corrected chi connectivity index (χ4v) is 2.62. The Hall–Kier alpha value is -3.55. The van der Waals surface area contributed by atoms with E-state index in [1.807, 2.05) is 20.8 Å². The van der Waals surface area contributed by atoms with Gasteiger partial charge < -0.3 is 5.32 Å². The number of amides is 1. The molecule has 0 radical (unpaired) electrons. The third-order valence-electron chi connectivity index (χ3n) is 4.09. The van der Waals surface area contributed by atoms with E-state index in [1.165, 1.54) is 18.2 Å². The van der Waals surface area contributed by atoms with Gasteiger partial charge in [-0.05, 0) is 75.2 Å². The van der Waals surface area contributed by atoms with Crippen LogP contribution in [0.1, 0.15) is 36.7 Å². The lowest BCUT2D eigenvalue weighted by atomic mass is 10.1. The minimum Gasteiger partial charge on any atom is -0.309 e. The molecule has 3 rings (SSSR count). The zero-order chi connectivity index (χ0) is 21.9. The van der Waals surface area contributed by atoms with Crippen LogP contribution in [0.25, 0.3) is 11.3 Å². The summed E-state index contributed by atoms with van der Waals surface area (Å²) in [6.45, 7) is 7.25. The third kappa shape index (κ3) is 5.50. The molecule has 0 spiro atoms. The smallest absolute Gasteiger partial charge is 0.258 e. The molecular weight excluding hydrogens is 388 g/mol. The molecule has 0 saturated carbocycles. The Morgan fingerprint density at radius 3 is 2.40 bits per heavy atom. The summed E-state index contributed by atoms with van der Waals surface area (Å²) in [6, 6.07) is 12.0. The number of carbonyl (C=O) groups excluding carboxylic acids is 1. The molecule has 0 bridgehead atoms. The summed E-state index contributed by atoms with van der Waals surface area (Å²) < 4.78 is 26.9. The van der Waals surface area contributed by atoms with E-state index in [0.29, 0.717) is 17.1 Å². The Labute approximate surface area is 173 Å². The number of aryl methyl sites for hydroxylation is 1. The summed E-state index contributed by atoms with van der Waals surface area (Å²) in [6.07, 6.45) is 0. The van der Waals surface area contributed by atoms with Gasteiger partial charge in [-0.15, -0.1) is 0 Å². The van der Waals surface area contributed by atoms with Crippen molar-refractivity contribution in [2.24, 2.45) is 4.99 Å². The molecule has 6 nitrogen and oxygen atoms in total. The van der Waals surface area contributed by atoms with Crippen molar-refractivity contribution in [1.29, 1.82) is 0 Å². The van der Waals surface area contributed by atoms with Gasteiger partial charge in [-0.1, -0.05) is 6.07 Å². The number of H-pyrrole nitrogens is 1. The molecule has 0 aliphatic rings. The number of hydrogen-bond acceptors (Lipinski definition) is 3. The predicted molar refractivity (Wildman–Crippen MR) is 113 cm³/mol. The quantitative estimate of drug-likeness (QED) is 0.433. The highest BCUT2D eigenvalue weighted by Gasteiger charge is 2.16. The van der Waals surface area contributed by atoms with Gasteiger partial charge in [-0.3, -0.25) is 15.2 Å². The van der Waals surface area contributed by atoms with E-state index in [4.69, 9.17) is 0 Å². The topological polar surface area (TPSA) is 82.2 Å². The predicted octanol–water partition coefficient (Wildman–Crippen LogP) is 4.66. The van der Waals surface area contributed by atoms with E-state index >= 15 is 0 Å². The lowest BCUT2D eigenvalue weighted by Crippen LogP contribution is -2.38. The van der Waals surface area contributed by atoms with Gasteiger partial charge in [0.2, 0.25) is 5.96 Å². The number of aromatic amines is 1. The second-order valence-electron chi connectivity index (χ2n) is 7.85.